The normalized spacial score (nSPS) is 18.5. The molecule has 2 aliphatic rings. The Morgan fingerprint density at radius 2 is 2.03 bits per heavy atom. The number of aryl methyl sites for hydroxylation is 1. The van der Waals surface area contributed by atoms with Crippen molar-refractivity contribution in [1.29, 1.82) is 0 Å². The maximum absolute atomic E-state index is 13.1. The van der Waals surface area contributed by atoms with E-state index < -0.39 is 11.8 Å². The molecule has 1 amide bonds. The largest absolute Gasteiger partial charge is 0.462 e. The molecule has 3 heterocycles. The zero-order valence-electron chi connectivity index (χ0n) is 18.7. The molecule has 0 aliphatic carbocycles. The number of rotatable bonds is 6. The van der Waals surface area contributed by atoms with Crippen LogP contribution in [0.25, 0.3) is 0 Å². The summed E-state index contributed by atoms with van der Waals surface area (Å²) in [7, 11) is 0. The Labute approximate surface area is 187 Å². The van der Waals surface area contributed by atoms with Crippen LogP contribution in [0.4, 0.5) is 4.39 Å². The molecule has 1 spiro atoms. The lowest BCUT2D eigenvalue weighted by Gasteiger charge is -2.36. The van der Waals surface area contributed by atoms with Gasteiger partial charge in [0.05, 0.1) is 29.1 Å². The maximum atomic E-state index is 13.1. The molecule has 0 radical (unpaired) electrons. The number of hydrogen-bond donors (Lipinski definition) is 1. The number of hydrogen-bond acceptors (Lipinski definition) is 5. The first-order valence-electron chi connectivity index (χ1n) is 11.3. The van der Waals surface area contributed by atoms with Gasteiger partial charge in [-0.25, -0.2) is 9.18 Å². The van der Waals surface area contributed by atoms with Gasteiger partial charge in [0.1, 0.15) is 5.82 Å². The van der Waals surface area contributed by atoms with Gasteiger partial charge < -0.3 is 14.8 Å². The fraction of sp³-hybridized carbons (Fsp3) is 0.542. The van der Waals surface area contributed by atoms with Crippen LogP contribution in [0.1, 0.15) is 58.8 Å². The first kappa shape index (κ1) is 22.5. The number of ether oxygens (including phenoxy) is 2. The summed E-state index contributed by atoms with van der Waals surface area (Å²) < 4.78 is 26.0. The molecule has 1 aromatic carbocycles. The van der Waals surface area contributed by atoms with Gasteiger partial charge in [-0.2, -0.15) is 5.10 Å². The smallest absolute Gasteiger partial charge is 0.338 e. The van der Waals surface area contributed by atoms with E-state index in [1.54, 1.807) is 0 Å². The van der Waals surface area contributed by atoms with E-state index in [1.807, 2.05) is 18.5 Å². The van der Waals surface area contributed by atoms with E-state index in [1.165, 1.54) is 24.3 Å². The van der Waals surface area contributed by atoms with Crippen molar-refractivity contribution in [2.75, 3.05) is 26.4 Å². The molecular formula is C24H30FN3O4. The van der Waals surface area contributed by atoms with Gasteiger partial charge in [0.25, 0.3) is 5.91 Å². The molecule has 172 valence electrons. The van der Waals surface area contributed by atoms with Crippen molar-refractivity contribution in [2.24, 2.45) is 11.3 Å². The molecule has 1 aromatic heterocycles. The Balaban J connectivity index is 1.49. The molecule has 1 saturated heterocycles. The number of halogens is 1. The quantitative estimate of drug-likeness (QED) is 0.694. The molecule has 1 fully saturated rings. The summed E-state index contributed by atoms with van der Waals surface area (Å²) in [5.41, 5.74) is 2.78. The van der Waals surface area contributed by atoms with Crippen molar-refractivity contribution in [2.45, 2.75) is 46.1 Å². The number of nitrogens with zero attached hydrogens (tertiary/aromatic N) is 2. The SMILES string of the molecule is CCc1nn(C[C@H](C)COC(=O)c2ccc(F)cc2)c2c1C(=O)NCC1(CCOCC1)C2. The topological polar surface area (TPSA) is 82.5 Å². The Morgan fingerprint density at radius 3 is 2.72 bits per heavy atom. The Hall–Kier alpha value is -2.74. The Kier molecular flexibility index (Phi) is 6.60. The summed E-state index contributed by atoms with van der Waals surface area (Å²) >= 11 is 0. The fourth-order valence-corrected chi connectivity index (χ4v) is 4.56. The molecule has 7 nitrogen and oxygen atoms in total. The van der Waals surface area contributed by atoms with Crippen molar-refractivity contribution in [3.8, 4) is 0 Å². The maximum Gasteiger partial charge on any atom is 0.338 e. The molecule has 4 rings (SSSR count). The third-order valence-electron chi connectivity index (χ3n) is 6.48. The molecule has 1 N–H and O–H groups in total. The highest BCUT2D eigenvalue weighted by molar-refractivity contribution is 5.97. The molecule has 2 aromatic rings. The number of carbonyl (C=O) groups excluding carboxylic acids is 2. The predicted octanol–water partition coefficient (Wildman–Crippen LogP) is 3.16. The highest BCUT2D eigenvalue weighted by Gasteiger charge is 2.39. The molecule has 8 heteroatoms. The minimum absolute atomic E-state index is 0.00921. The Bertz CT molecular complexity index is 980. The van der Waals surface area contributed by atoms with Gasteiger partial charge >= 0.3 is 5.97 Å². The van der Waals surface area contributed by atoms with Crippen molar-refractivity contribution in [3.63, 3.8) is 0 Å². The number of carbonyl (C=O) groups is 2. The standard InChI is InChI=1S/C24H30FN3O4/c1-3-19-21-20(12-24(15-26-22(21)29)8-10-31-11-9-24)28(27-19)13-16(2)14-32-23(30)17-4-6-18(25)7-5-17/h4-7,16H,3,8-15H2,1-2H3,(H,26,29)/t16-/m0/s1. The minimum atomic E-state index is -0.481. The van der Waals surface area contributed by atoms with Crippen molar-refractivity contribution >= 4 is 11.9 Å². The molecular weight excluding hydrogens is 413 g/mol. The van der Waals surface area contributed by atoms with Crippen LogP contribution in [0.15, 0.2) is 24.3 Å². The number of nitrogens with one attached hydrogen (secondary N) is 1. The van der Waals surface area contributed by atoms with E-state index in [4.69, 9.17) is 14.6 Å². The van der Waals surface area contributed by atoms with Gasteiger partial charge in [-0.15, -0.1) is 0 Å². The van der Waals surface area contributed by atoms with Gasteiger partial charge in [0.15, 0.2) is 0 Å². The molecule has 1 atom stereocenters. The van der Waals surface area contributed by atoms with E-state index in [9.17, 15) is 14.0 Å². The monoisotopic (exact) mass is 443 g/mol. The third kappa shape index (κ3) is 4.70. The molecule has 2 aliphatic heterocycles. The van der Waals surface area contributed by atoms with Crippen LogP contribution in [0.2, 0.25) is 0 Å². The zero-order valence-corrected chi connectivity index (χ0v) is 18.7. The van der Waals surface area contributed by atoms with Crippen molar-refractivity contribution in [1.82, 2.24) is 15.1 Å². The number of esters is 1. The second-order valence-electron chi connectivity index (χ2n) is 8.99. The van der Waals surface area contributed by atoms with E-state index in [-0.39, 0.29) is 23.8 Å². The van der Waals surface area contributed by atoms with E-state index in [2.05, 4.69) is 5.32 Å². The minimum Gasteiger partial charge on any atom is -0.462 e. The van der Waals surface area contributed by atoms with Crippen LogP contribution >= 0.6 is 0 Å². The first-order valence-corrected chi connectivity index (χ1v) is 11.3. The number of fused-ring (bicyclic) bond motifs is 1. The second-order valence-corrected chi connectivity index (χ2v) is 8.99. The summed E-state index contributed by atoms with van der Waals surface area (Å²) in [4.78, 5) is 25.2. The van der Waals surface area contributed by atoms with Crippen LogP contribution in [0.3, 0.4) is 0 Å². The fourth-order valence-electron chi connectivity index (χ4n) is 4.56. The van der Waals surface area contributed by atoms with Crippen LogP contribution in [0.5, 0.6) is 0 Å². The number of amides is 1. The molecule has 0 saturated carbocycles. The van der Waals surface area contributed by atoms with Gasteiger partial charge in [-0.1, -0.05) is 13.8 Å². The molecule has 32 heavy (non-hydrogen) atoms. The summed E-state index contributed by atoms with van der Waals surface area (Å²) in [5.74, 6) is -0.940. The van der Waals surface area contributed by atoms with E-state index >= 15 is 0 Å². The highest BCUT2D eigenvalue weighted by Crippen LogP contribution is 2.37. The number of aromatic nitrogens is 2. The van der Waals surface area contributed by atoms with Gasteiger partial charge in [-0.3, -0.25) is 9.48 Å². The van der Waals surface area contributed by atoms with Crippen LogP contribution < -0.4 is 5.32 Å². The summed E-state index contributed by atoms with van der Waals surface area (Å²) in [5, 5.41) is 7.88. The van der Waals surface area contributed by atoms with E-state index in [0.29, 0.717) is 43.9 Å². The predicted molar refractivity (Wildman–Crippen MR) is 116 cm³/mol. The van der Waals surface area contributed by atoms with Crippen LogP contribution in [0, 0.1) is 17.2 Å². The summed E-state index contributed by atoms with van der Waals surface area (Å²) in [6, 6.07) is 5.30. The lowest BCUT2D eigenvalue weighted by molar-refractivity contribution is 0.0151. The first-order chi connectivity index (χ1) is 15.4. The zero-order chi connectivity index (χ0) is 22.7. The summed E-state index contributed by atoms with van der Waals surface area (Å²) in [6.45, 7) is 6.79. The van der Waals surface area contributed by atoms with Crippen molar-refractivity contribution < 1.29 is 23.5 Å². The highest BCUT2D eigenvalue weighted by atomic mass is 19.1. The van der Waals surface area contributed by atoms with Gasteiger partial charge in [0.2, 0.25) is 0 Å². The lowest BCUT2D eigenvalue weighted by atomic mass is 9.76. The van der Waals surface area contributed by atoms with Crippen LogP contribution in [-0.4, -0.2) is 48.0 Å². The lowest BCUT2D eigenvalue weighted by Crippen LogP contribution is -2.41. The third-order valence-corrected chi connectivity index (χ3v) is 6.48. The second kappa shape index (κ2) is 9.40. The van der Waals surface area contributed by atoms with Gasteiger partial charge in [-0.05, 0) is 55.4 Å². The molecule has 0 bridgehead atoms. The molecule has 0 unspecified atom stereocenters. The van der Waals surface area contributed by atoms with E-state index in [0.717, 1.165) is 30.7 Å². The number of benzene rings is 1. The summed E-state index contributed by atoms with van der Waals surface area (Å²) in [6.07, 6.45) is 3.26. The Morgan fingerprint density at radius 1 is 1.31 bits per heavy atom. The van der Waals surface area contributed by atoms with Gasteiger partial charge in [0, 0.05) is 32.2 Å². The average molecular weight is 444 g/mol. The van der Waals surface area contributed by atoms with Crippen molar-refractivity contribution in [3.05, 3.63) is 52.6 Å². The van der Waals surface area contributed by atoms with Crippen LogP contribution in [-0.2, 0) is 28.9 Å². The average Bonchev–Trinajstić information content (AvgIpc) is 3.06.